The summed E-state index contributed by atoms with van der Waals surface area (Å²) in [4.78, 5) is 0. The third-order valence-electron chi connectivity index (χ3n) is 1.93. The summed E-state index contributed by atoms with van der Waals surface area (Å²) < 4.78 is 0. The van der Waals surface area contributed by atoms with Gasteiger partial charge in [0, 0.05) is 5.02 Å². The number of benzene rings is 1. The molecule has 0 spiro atoms. The minimum Gasteiger partial charge on any atom is -0.345 e. The normalized spacial score (nSPS) is 21.1. The van der Waals surface area contributed by atoms with Gasteiger partial charge in [0.05, 0.1) is 11.9 Å². The van der Waals surface area contributed by atoms with Gasteiger partial charge >= 0.3 is 0 Å². The number of nitrogens with one attached hydrogen (secondary N) is 2. The van der Waals surface area contributed by atoms with Crippen LogP contribution in [0.15, 0.2) is 24.3 Å². The zero-order chi connectivity index (χ0) is 10.1. The Kier molecular flexibility index (Phi) is 2.58. The van der Waals surface area contributed by atoms with Gasteiger partial charge in [0.1, 0.15) is 0 Å². The second-order valence-electron chi connectivity index (χ2n) is 3.12. The molecule has 2 rings (SSSR count). The number of nitrogens with zero attached hydrogens (tertiary/aromatic N) is 1. The average Bonchev–Trinajstić information content (AvgIpc) is 2.45. The van der Waals surface area contributed by atoms with Crippen molar-refractivity contribution in [3.05, 3.63) is 29.3 Å². The van der Waals surface area contributed by atoms with E-state index in [9.17, 15) is 0 Å². The van der Waals surface area contributed by atoms with E-state index in [0.717, 1.165) is 5.69 Å². The van der Waals surface area contributed by atoms with Gasteiger partial charge in [-0.15, -0.1) is 0 Å². The van der Waals surface area contributed by atoms with Crippen LogP contribution in [-0.2, 0) is 0 Å². The van der Waals surface area contributed by atoms with Crippen LogP contribution < -0.4 is 15.8 Å². The molecule has 0 amide bonds. The molecule has 5 heteroatoms. The molecule has 1 aliphatic rings. The molecule has 2 N–H and O–H groups in total. The van der Waals surface area contributed by atoms with Crippen LogP contribution in [0.5, 0.6) is 0 Å². The Morgan fingerprint density at radius 1 is 1.50 bits per heavy atom. The Hall–Kier alpha value is -0.840. The smallest absolute Gasteiger partial charge is 0.189 e. The summed E-state index contributed by atoms with van der Waals surface area (Å²) in [5.74, 6) is 0. The Labute approximate surface area is 93.0 Å². The van der Waals surface area contributed by atoms with Crippen molar-refractivity contribution in [1.82, 2.24) is 10.7 Å². The lowest BCUT2D eigenvalue weighted by Gasteiger charge is -2.16. The molecular weight excluding hydrogens is 218 g/mol. The third kappa shape index (κ3) is 1.82. The van der Waals surface area contributed by atoms with E-state index in [1.807, 2.05) is 36.2 Å². The molecule has 0 bridgehead atoms. The fourth-order valence-electron chi connectivity index (χ4n) is 1.34. The Morgan fingerprint density at radius 3 is 2.86 bits per heavy atom. The maximum atomic E-state index is 5.89. The van der Waals surface area contributed by atoms with E-state index in [-0.39, 0.29) is 6.17 Å². The van der Waals surface area contributed by atoms with Crippen molar-refractivity contribution in [2.75, 3.05) is 5.01 Å². The monoisotopic (exact) mass is 227 g/mol. The van der Waals surface area contributed by atoms with Crippen molar-refractivity contribution in [2.24, 2.45) is 0 Å². The van der Waals surface area contributed by atoms with Crippen LogP contribution in [0, 0.1) is 0 Å². The van der Waals surface area contributed by atoms with Crippen LogP contribution in [0.3, 0.4) is 0 Å². The van der Waals surface area contributed by atoms with E-state index in [1.165, 1.54) is 0 Å². The maximum Gasteiger partial charge on any atom is 0.189 e. The minimum atomic E-state index is 0.154. The zero-order valence-corrected chi connectivity index (χ0v) is 9.19. The molecule has 1 fully saturated rings. The summed E-state index contributed by atoms with van der Waals surface area (Å²) in [6.45, 7) is 2.00. The van der Waals surface area contributed by atoms with E-state index in [1.54, 1.807) is 0 Å². The van der Waals surface area contributed by atoms with E-state index >= 15 is 0 Å². The standard InChI is InChI=1S/C9H10ClN3S/c1-6-11-9(14)13(12-6)8-4-2-3-7(10)5-8/h2-6,12H,1H3,(H,11,14). The fourth-order valence-corrected chi connectivity index (χ4v) is 1.86. The highest BCUT2D eigenvalue weighted by Gasteiger charge is 2.22. The molecule has 1 aromatic rings. The zero-order valence-electron chi connectivity index (χ0n) is 7.62. The number of anilines is 1. The van der Waals surface area contributed by atoms with E-state index in [4.69, 9.17) is 23.8 Å². The van der Waals surface area contributed by atoms with Crippen molar-refractivity contribution in [3.63, 3.8) is 0 Å². The molecule has 0 radical (unpaired) electrons. The summed E-state index contributed by atoms with van der Waals surface area (Å²) in [6, 6.07) is 7.54. The number of thiocarbonyl (C=S) groups is 1. The first-order valence-electron chi connectivity index (χ1n) is 4.29. The lowest BCUT2D eigenvalue weighted by atomic mass is 10.3. The van der Waals surface area contributed by atoms with Crippen molar-refractivity contribution in [1.29, 1.82) is 0 Å². The molecule has 14 heavy (non-hydrogen) atoms. The highest BCUT2D eigenvalue weighted by atomic mass is 35.5. The van der Waals surface area contributed by atoms with Crippen molar-refractivity contribution < 1.29 is 0 Å². The van der Waals surface area contributed by atoms with Crippen LogP contribution in [0.1, 0.15) is 6.92 Å². The predicted molar refractivity (Wildman–Crippen MR) is 62.3 cm³/mol. The number of hydrazine groups is 1. The molecule has 0 saturated carbocycles. The second kappa shape index (κ2) is 3.73. The van der Waals surface area contributed by atoms with Gasteiger partial charge in [-0.05, 0) is 37.3 Å². The van der Waals surface area contributed by atoms with Crippen molar-refractivity contribution in [2.45, 2.75) is 13.1 Å². The average molecular weight is 228 g/mol. The molecular formula is C9H10ClN3S. The quantitative estimate of drug-likeness (QED) is 0.717. The Bertz CT molecular complexity index is 369. The fraction of sp³-hybridized carbons (Fsp3) is 0.222. The predicted octanol–water partition coefficient (Wildman–Crippen LogP) is 1.89. The van der Waals surface area contributed by atoms with Gasteiger partial charge in [0.2, 0.25) is 0 Å². The molecule has 1 unspecified atom stereocenters. The minimum absolute atomic E-state index is 0.154. The van der Waals surface area contributed by atoms with Crippen molar-refractivity contribution >= 4 is 34.6 Å². The summed E-state index contributed by atoms with van der Waals surface area (Å²) in [6.07, 6.45) is 0.154. The molecule has 3 nitrogen and oxygen atoms in total. The van der Waals surface area contributed by atoms with Gasteiger partial charge in [0.25, 0.3) is 0 Å². The Balaban J connectivity index is 2.27. The van der Waals surface area contributed by atoms with Crippen LogP contribution in [-0.4, -0.2) is 11.3 Å². The van der Waals surface area contributed by atoms with Crippen molar-refractivity contribution in [3.8, 4) is 0 Å². The summed E-state index contributed by atoms with van der Waals surface area (Å²) in [7, 11) is 0. The van der Waals surface area contributed by atoms with Gasteiger partial charge in [-0.2, -0.15) is 0 Å². The largest absolute Gasteiger partial charge is 0.345 e. The lowest BCUT2D eigenvalue weighted by molar-refractivity contribution is 0.602. The number of halogens is 1. The third-order valence-corrected chi connectivity index (χ3v) is 2.47. The summed E-state index contributed by atoms with van der Waals surface area (Å²) >= 11 is 11.0. The molecule has 1 aliphatic heterocycles. The van der Waals surface area contributed by atoms with Crippen LogP contribution in [0.2, 0.25) is 5.02 Å². The SMILES string of the molecule is CC1NC(=S)N(c2cccc(Cl)c2)N1. The van der Waals surface area contributed by atoms with Crippen LogP contribution in [0.25, 0.3) is 0 Å². The highest BCUT2D eigenvalue weighted by molar-refractivity contribution is 7.80. The van der Waals surface area contributed by atoms with Gasteiger partial charge < -0.3 is 5.32 Å². The Morgan fingerprint density at radius 2 is 2.29 bits per heavy atom. The maximum absolute atomic E-state index is 5.89. The first-order valence-corrected chi connectivity index (χ1v) is 5.08. The van der Waals surface area contributed by atoms with E-state index in [2.05, 4.69) is 10.7 Å². The molecule has 1 saturated heterocycles. The number of rotatable bonds is 1. The molecule has 0 aliphatic carbocycles. The summed E-state index contributed by atoms with van der Waals surface area (Å²) in [5, 5.41) is 6.27. The summed E-state index contributed by atoms with van der Waals surface area (Å²) in [5.41, 5.74) is 4.11. The molecule has 0 aromatic heterocycles. The van der Waals surface area contributed by atoms with E-state index in [0.29, 0.717) is 10.1 Å². The lowest BCUT2D eigenvalue weighted by Crippen LogP contribution is -2.35. The first kappa shape index (κ1) is 9.71. The molecule has 1 atom stereocenters. The van der Waals surface area contributed by atoms with Gasteiger partial charge in [-0.1, -0.05) is 17.7 Å². The van der Waals surface area contributed by atoms with Crippen LogP contribution in [0.4, 0.5) is 5.69 Å². The second-order valence-corrected chi connectivity index (χ2v) is 3.94. The molecule has 1 heterocycles. The highest BCUT2D eigenvalue weighted by Crippen LogP contribution is 2.19. The molecule has 74 valence electrons. The van der Waals surface area contributed by atoms with Gasteiger partial charge in [0.15, 0.2) is 5.11 Å². The molecule has 1 aromatic carbocycles. The topological polar surface area (TPSA) is 27.3 Å². The number of hydrogen-bond donors (Lipinski definition) is 2. The number of hydrogen-bond acceptors (Lipinski definition) is 2. The van der Waals surface area contributed by atoms with E-state index < -0.39 is 0 Å². The first-order chi connectivity index (χ1) is 6.66. The van der Waals surface area contributed by atoms with Gasteiger partial charge in [-0.3, -0.25) is 5.01 Å². The van der Waals surface area contributed by atoms with Gasteiger partial charge in [-0.25, -0.2) is 5.43 Å². The van der Waals surface area contributed by atoms with Crippen LogP contribution >= 0.6 is 23.8 Å².